The van der Waals surface area contributed by atoms with Crippen LogP contribution in [0.4, 0.5) is 0 Å². The van der Waals surface area contributed by atoms with Crippen molar-refractivity contribution < 1.29 is 9.53 Å². The maximum atomic E-state index is 11.6. The molecule has 3 rings (SSSR count). The molecular formula is C16H19NO2. The number of benzene rings is 1. The number of hydrogen-bond donors (Lipinski definition) is 0. The highest BCUT2D eigenvalue weighted by molar-refractivity contribution is 5.81. The largest absolute Gasteiger partial charge is 0.466 e. The summed E-state index contributed by atoms with van der Waals surface area (Å²) in [5.74, 6) is 0.342. The Morgan fingerprint density at radius 2 is 2.26 bits per heavy atom. The normalized spacial score (nSPS) is 18.3. The maximum Gasteiger partial charge on any atom is 0.306 e. The van der Waals surface area contributed by atoms with Crippen molar-refractivity contribution in [2.45, 2.75) is 32.7 Å². The van der Waals surface area contributed by atoms with E-state index in [0.717, 1.165) is 19.4 Å². The van der Waals surface area contributed by atoms with Crippen LogP contribution < -0.4 is 0 Å². The van der Waals surface area contributed by atoms with Crippen molar-refractivity contribution in [3.8, 4) is 0 Å². The molecule has 2 heterocycles. The fourth-order valence-electron chi connectivity index (χ4n) is 3.01. The van der Waals surface area contributed by atoms with Crippen molar-refractivity contribution in [1.29, 1.82) is 0 Å². The lowest BCUT2D eigenvalue weighted by atomic mass is 9.95. The lowest BCUT2D eigenvalue weighted by Crippen LogP contribution is -2.23. The second kappa shape index (κ2) is 5.08. The minimum Gasteiger partial charge on any atom is -0.466 e. The molecule has 3 heteroatoms. The van der Waals surface area contributed by atoms with Gasteiger partial charge in [-0.25, -0.2) is 0 Å². The molecular weight excluding hydrogens is 238 g/mol. The van der Waals surface area contributed by atoms with Crippen LogP contribution in [0.1, 0.15) is 25.5 Å². The number of aromatic nitrogens is 1. The molecule has 1 atom stereocenters. The Morgan fingerprint density at radius 3 is 3.11 bits per heavy atom. The Morgan fingerprint density at radius 1 is 1.42 bits per heavy atom. The van der Waals surface area contributed by atoms with E-state index >= 15 is 0 Å². The van der Waals surface area contributed by atoms with E-state index in [1.54, 1.807) is 0 Å². The molecule has 1 aliphatic rings. The highest BCUT2D eigenvalue weighted by atomic mass is 16.5. The lowest BCUT2D eigenvalue weighted by Gasteiger charge is -2.24. The summed E-state index contributed by atoms with van der Waals surface area (Å²) in [6.45, 7) is 3.27. The molecule has 3 nitrogen and oxygen atoms in total. The number of hydrogen-bond acceptors (Lipinski definition) is 2. The molecule has 100 valence electrons. The van der Waals surface area contributed by atoms with E-state index in [1.807, 2.05) is 6.92 Å². The summed E-state index contributed by atoms with van der Waals surface area (Å²) in [4.78, 5) is 11.6. The van der Waals surface area contributed by atoms with Gasteiger partial charge in [0, 0.05) is 17.8 Å². The molecule has 1 unspecified atom stereocenters. The van der Waals surface area contributed by atoms with Crippen LogP contribution in [-0.2, 0) is 22.5 Å². The Hall–Kier alpha value is -1.77. The van der Waals surface area contributed by atoms with Crippen LogP contribution in [0, 0.1) is 5.92 Å². The first kappa shape index (κ1) is 12.3. The van der Waals surface area contributed by atoms with Crippen LogP contribution in [0.25, 0.3) is 10.9 Å². The third-order valence-electron chi connectivity index (χ3n) is 3.91. The second-order valence-corrected chi connectivity index (χ2v) is 5.22. The predicted octanol–water partition coefficient (Wildman–Crippen LogP) is 3.16. The smallest absolute Gasteiger partial charge is 0.306 e. The van der Waals surface area contributed by atoms with Crippen molar-refractivity contribution in [1.82, 2.24) is 4.57 Å². The third kappa shape index (κ3) is 2.37. The molecule has 0 bridgehead atoms. The highest BCUT2D eigenvalue weighted by Gasteiger charge is 2.22. The molecule has 0 fully saturated rings. The monoisotopic (exact) mass is 257 g/mol. The molecule has 0 aliphatic carbocycles. The van der Waals surface area contributed by atoms with E-state index in [9.17, 15) is 4.79 Å². The number of para-hydroxylation sites is 1. The summed E-state index contributed by atoms with van der Waals surface area (Å²) >= 11 is 0. The van der Waals surface area contributed by atoms with Gasteiger partial charge in [-0.1, -0.05) is 18.2 Å². The van der Waals surface area contributed by atoms with Crippen LogP contribution in [0.2, 0.25) is 0 Å². The number of esters is 1. The standard InChI is InChI=1S/C16H19NO2/c1-2-19-16(18)9-12-7-8-14-10-13-5-3-4-6-15(13)17(14)11-12/h3-6,10,12H,2,7-9,11H2,1H3. The van der Waals surface area contributed by atoms with Crippen LogP contribution in [0.3, 0.4) is 0 Å². The zero-order chi connectivity index (χ0) is 13.2. The van der Waals surface area contributed by atoms with Gasteiger partial charge >= 0.3 is 5.97 Å². The van der Waals surface area contributed by atoms with Crippen LogP contribution in [0.5, 0.6) is 0 Å². The van der Waals surface area contributed by atoms with Gasteiger partial charge in [0.05, 0.1) is 13.0 Å². The summed E-state index contributed by atoms with van der Waals surface area (Å²) < 4.78 is 7.42. The van der Waals surface area contributed by atoms with Crippen LogP contribution in [-0.4, -0.2) is 17.1 Å². The average molecular weight is 257 g/mol. The number of carbonyl (C=O) groups excluding carboxylic acids is 1. The van der Waals surface area contributed by atoms with Crippen molar-refractivity contribution in [3.05, 3.63) is 36.0 Å². The molecule has 0 saturated heterocycles. The van der Waals surface area contributed by atoms with Crippen LogP contribution in [0.15, 0.2) is 30.3 Å². The van der Waals surface area contributed by atoms with E-state index < -0.39 is 0 Å². The Bertz CT molecular complexity index is 600. The van der Waals surface area contributed by atoms with Crippen molar-refractivity contribution in [2.24, 2.45) is 5.92 Å². The topological polar surface area (TPSA) is 31.2 Å². The zero-order valence-corrected chi connectivity index (χ0v) is 11.3. The fraction of sp³-hybridized carbons (Fsp3) is 0.438. The molecule has 0 saturated carbocycles. The highest BCUT2D eigenvalue weighted by Crippen LogP contribution is 2.29. The molecule has 1 aliphatic heterocycles. The van der Waals surface area contributed by atoms with Crippen molar-refractivity contribution in [2.75, 3.05) is 6.61 Å². The number of rotatable bonds is 3. The summed E-state index contributed by atoms with van der Waals surface area (Å²) in [5, 5.41) is 1.30. The quantitative estimate of drug-likeness (QED) is 0.791. The number of aryl methyl sites for hydroxylation is 1. The van der Waals surface area contributed by atoms with Crippen LogP contribution >= 0.6 is 0 Å². The number of fused-ring (bicyclic) bond motifs is 3. The Kier molecular flexibility index (Phi) is 3.28. The van der Waals surface area contributed by atoms with Gasteiger partial charge < -0.3 is 9.30 Å². The summed E-state index contributed by atoms with van der Waals surface area (Å²) in [5.41, 5.74) is 2.67. The molecule has 0 amide bonds. The molecule has 0 spiro atoms. The summed E-state index contributed by atoms with van der Waals surface area (Å²) in [6, 6.07) is 10.7. The number of nitrogens with zero attached hydrogens (tertiary/aromatic N) is 1. The molecule has 0 N–H and O–H groups in total. The molecule has 1 aromatic carbocycles. The molecule has 0 radical (unpaired) electrons. The van der Waals surface area contributed by atoms with E-state index in [2.05, 4.69) is 34.9 Å². The first-order valence-corrected chi connectivity index (χ1v) is 7.00. The van der Waals surface area contributed by atoms with E-state index in [4.69, 9.17) is 4.74 Å². The van der Waals surface area contributed by atoms with Gasteiger partial charge in [0.2, 0.25) is 0 Å². The van der Waals surface area contributed by atoms with Gasteiger partial charge in [0.1, 0.15) is 0 Å². The van der Waals surface area contributed by atoms with E-state index in [0.29, 0.717) is 18.9 Å². The molecule has 2 aromatic rings. The molecule has 1 aromatic heterocycles. The third-order valence-corrected chi connectivity index (χ3v) is 3.91. The van der Waals surface area contributed by atoms with Crippen molar-refractivity contribution >= 4 is 16.9 Å². The van der Waals surface area contributed by atoms with Gasteiger partial charge in [-0.2, -0.15) is 0 Å². The van der Waals surface area contributed by atoms with E-state index in [1.165, 1.54) is 16.6 Å². The zero-order valence-electron chi connectivity index (χ0n) is 11.3. The van der Waals surface area contributed by atoms with Gasteiger partial charge in [-0.15, -0.1) is 0 Å². The van der Waals surface area contributed by atoms with Gasteiger partial charge in [0.25, 0.3) is 0 Å². The SMILES string of the molecule is CCOC(=O)CC1CCc2cc3ccccc3n2C1. The fourth-order valence-corrected chi connectivity index (χ4v) is 3.01. The minimum absolute atomic E-state index is 0.0626. The Labute approximate surface area is 113 Å². The minimum atomic E-state index is -0.0626. The van der Waals surface area contributed by atoms with Gasteiger partial charge in [-0.05, 0) is 43.2 Å². The van der Waals surface area contributed by atoms with E-state index in [-0.39, 0.29) is 5.97 Å². The first-order valence-electron chi connectivity index (χ1n) is 7.00. The Balaban J connectivity index is 1.81. The summed E-state index contributed by atoms with van der Waals surface area (Å²) in [6.07, 6.45) is 2.67. The average Bonchev–Trinajstić information content (AvgIpc) is 2.77. The van der Waals surface area contributed by atoms with Crippen molar-refractivity contribution in [3.63, 3.8) is 0 Å². The first-order chi connectivity index (χ1) is 9.28. The predicted molar refractivity (Wildman–Crippen MR) is 75.0 cm³/mol. The number of ether oxygens (including phenoxy) is 1. The second-order valence-electron chi connectivity index (χ2n) is 5.22. The molecule has 19 heavy (non-hydrogen) atoms. The maximum absolute atomic E-state index is 11.6. The van der Waals surface area contributed by atoms with Gasteiger partial charge in [0.15, 0.2) is 0 Å². The van der Waals surface area contributed by atoms with Gasteiger partial charge in [-0.3, -0.25) is 4.79 Å². The summed E-state index contributed by atoms with van der Waals surface area (Å²) in [7, 11) is 0. The number of carbonyl (C=O) groups is 1. The lowest BCUT2D eigenvalue weighted by molar-refractivity contribution is -0.144.